The molecule has 2 N–H and O–H groups in total. The van der Waals surface area contributed by atoms with E-state index in [-0.39, 0.29) is 0 Å². The highest BCUT2D eigenvalue weighted by atomic mass is 32.1. The first-order valence-corrected chi connectivity index (χ1v) is 7.41. The molecule has 5 heteroatoms. The SMILES string of the molecule is Cc1nn(C)c(N2CCC(C(C)C)CC2)c1C(N)=S. The van der Waals surface area contributed by atoms with Crippen LogP contribution in [0.25, 0.3) is 0 Å². The van der Waals surface area contributed by atoms with Crippen LogP contribution in [-0.4, -0.2) is 27.9 Å². The van der Waals surface area contributed by atoms with Crippen molar-refractivity contribution in [3.05, 3.63) is 11.3 Å². The lowest BCUT2D eigenvalue weighted by molar-refractivity contribution is 0.309. The van der Waals surface area contributed by atoms with Crippen LogP contribution in [0, 0.1) is 18.8 Å². The van der Waals surface area contributed by atoms with Gasteiger partial charge in [-0.15, -0.1) is 0 Å². The first-order valence-electron chi connectivity index (χ1n) is 7.00. The van der Waals surface area contributed by atoms with E-state index in [9.17, 15) is 0 Å². The molecule has 0 saturated carbocycles. The Labute approximate surface area is 121 Å². The van der Waals surface area contributed by atoms with Gasteiger partial charge in [-0.05, 0) is 31.6 Å². The van der Waals surface area contributed by atoms with E-state index in [1.807, 2.05) is 18.7 Å². The molecule has 1 fully saturated rings. The minimum Gasteiger partial charge on any atom is -0.389 e. The molecule has 2 rings (SSSR count). The molecular formula is C14H24N4S. The van der Waals surface area contributed by atoms with Gasteiger partial charge in [-0.3, -0.25) is 4.68 Å². The summed E-state index contributed by atoms with van der Waals surface area (Å²) in [6, 6.07) is 0. The Balaban J connectivity index is 2.22. The summed E-state index contributed by atoms with van der Waals surface area (Å²) >= 11 is 5.18. The molecule has 0 radical (unpaired) electrons. The predicted molar refractivity (Wildman–Crippen MR) is 83.6 cm³/mol. The third kappa shape index (κ3) is 2.76. The van der Waals surface area contributed by atoms with Crippen molar-refractivity contribution >= 4 is 23.0 Å². The normalized spacial score (nSPS) is 17.2. The zero-order chi connectivity index (χ0) is 14.2. The Morgan fingerprint density at radius 3 is 2.42 bits per heavy atom. The number of hydrogen-bond acceptors (Lipinski definition) is 3. The van der Waals surface area contributed by atoms with E-state index >= 15 is 0 Å². The van der Waals surface area contributed by atoms with E-state index in [4.69, 9.17) is 18.0 Å². The molecule has 0 atom stereocenters. The zero-order valence-corrected chi connectivity index (χ0v) is 13.1. The average Bonchev–Trinajstić information content (AvgIpc) is 2.64. The summed E-state index contributed by atoms with van der Waals surface area (Å²) in [5.74, 6) is 2.69. The number of rotatable bonds is 3. The number of nitrogens with zero attached hydrogens (tertiary/aromatic N) is 3. The highest BCUT2D eigenvalue weighted by Gasteiger charge is 2.26. The molecule has 0 aliphatic carbocycles. The van der Waals surface area contributed by atoms with Gasteiger partial charge in [-0.2, -0.15) is 5.10 Å². The van der Waals surface area contributed by atoms with Crippen LogP contribution in [0.1, 0.15) is 37.9 Å². The molecule has 1 saturated heterocycles. The Morgan fingerprint density at radius 1 is 1.37 bits per heavy atom. The fourth-order valence-electron chi connectivity index (χ4n) is 3.08. The van der Waals surface area contributed by atoms with Crippen LogP contribution in [0.2, 0.25) is 0 Å². The Hall–Kier alpha value is -1.10. The van der Waals surface area contributed by atoms with Crippen molar-refractivity contribution in [3.8, 4) is 0 Å². The van der Waals surface area contributed by atoms with Crippen molar-refractivity contribution in [2.75, 3.05) is 18.0 Å². The standard InChI is InChI=1S/C14H24N4S/c1-9(2)11-5-7-18(8-6-11)14-12(13(15)19)10(3)16-17(14)4/h9,11H,5-8H2,1-4H3,(H2,15,19). The van der Waals surface area contributed by atoms with Crippen molar-refractivity contribution in [1.82, 2.24) is 9.78 Å². The lowest BCUT2D eigenvalue weighted by Crippen LogP contribution is -2.37. The summed E-state index contributed by atoms with van der Waals surface area (Å²) in [6.07, 6.45) is 2.47. The molecule has 1 aliphatic heterocycles. The van der Waals surface area contributed by atoms with E-state index in [2.05, 4.69) is 23.8 Å². The molecule has 1 aliphatic rings. The minimum absolute atomic E-state index is 0.451. The second-order valence-electron chi connectivity index (χ2n) is 5.84. The largest absolute Gasteiger partial charge is 0.389 e. The molecule has 0 spiro atoms. The van der Waals surface area contributed by atoms with E-state index in [0.29, 0.717) is 4.99 Å². The van der Waals surface area contributed by atoms with E-state index in [1.165, 1.54) is 12.8 Å². The number of hydrogen-bond donors (Lipinski definition) is 1. The van der Waals surface area contributed by atoms with Gasteiger partial charge in [0.1, 0.15) is 10.8 Å². The van der Waals surface area contributed by atoms with Crippen LogP contribution in [0.5, 0.6) is 0 Å². The predicted octanol–water partition coefficient (Wildman–Crippen LogP) is 2.24. The molecule has 0 bridgehead atoms. The zero-order valence-electron chi connectivity index (χ0n) is 12.3. The van der Waals surface area contributed by atoms with Gasteiger partial charge in [-0.25, -0.2) is 0 Å². The maximum atomic E-state index is 5.86. The number of piperidine rings is 1. The number of aromatic nitrogens is 2. The van der Waals surface area contributed by atoms with Gasteiger partial charge in [0.15, 0.2) is 0 Å². The quantitative estimate of drug-likeness (QED) is 0.863. The highest BCUT2D eigenvalue weighted by molar-refractivity contribution is 7.80. The topological polar surface area (TPSA) is 47.1 Å². The van der Waals surface area contributed by atoms with Crippen molar-refractivity contribution in [2.45, 2.75) is 33.6 Å². The summed E-state index contributed by atoms with van der Waals surface area (Å²) in [4.78, 5) is 2.83. The fourth-order valence-corrected chi connectivity index (χ4v) is 3.31. The lowest BCUT2D eigenvalue weighted by Gasteiger charge is -2.35. The summed E-state index contributed by atoms with van der Waals surface area (Å²) in [7, 11) is 1.97. The van der Waals surface area contributed by atoms with Crippen LogP contribution < -0.4 is 10.6 Å². The summed E-state index contributed by atoms with van der Waals surface area (Å²) < 4.78 is 1.92. The molecule has 2 heterocycles. The van der Waals surface area contributed by atoms with Crippen LogP contribution in [0.4, 0.5) is 5.82 Å². The van der Waals surface area contributed by atoms with Crippen LogP contribution in [0.3, 0.4) is 0 Å². The first-order chi connectivity index (χ1) is 8.91. The van der Waals surface area contributed by atoms with Crippen molar-refractivity contribution in [1.29, 1.82) is 0 Å². The monoisotopic (exact) mass is 280 g/mol. The molecule has 19 heavy (non-hydrogen) atoms. The molecule has 0 unspecified atom stereocenters. The summed E-state index contributed by atoms with van der Waals surface area (Å²) in [6.45, 7) is 8.73. The van der Waals surface area contributed by atoms with Gasteiger partial charge in [0, 0.05) is 20.1 Å². The van der Waals surface area contributed by atoms with Gasteiger partial charge in [0.2, 0.25) is 0 Å². The number of nitrogens with two attached hydrogens (primary N) is 1. The fraction of sp³-hybridized carbons (Fsp3) is 0.714. The van der Waals surface area contributed by atoms with Gasteiger partial charge in [0.25, 0.3) is 0 Å². The van der Waals surface area contributed by atoms with Crippen molar-refractivity contribution < 1.29 is 0 Å². The number of anilines is 1. The number of aryl methyl sites for hydroxylation is 2. The van der Waals surface area contributed by atoms with Crippen molar-refractivity contribution in [2.24, 2.45) is 24.6 Å². The first kappa shape index (κ1) is 14.3. The molecule has 106 valence electrons. The molecule has 1 aromatic rings. The molecule has 0 amide bonds. The summed E-state index contributed by atoms with van der Waals surface area (Å²) in [5.41, 5.74) is 7.73. The third-order valence-corrected chi connectivity index (χ3v) is 4.42. The van der Waals surface area contributed by atoms with E-state index < -0.39 is 0 Å². The van der Waals surface area contributed by atoms with E-state index in [0.717, 1.165) is 42.0 Å². The molecule has 1 aromatic heterocycles. The molecule has 4 nitrogen and oxygen atoms in total. The minimum atomic E-state index is 0.451. The Bertz CT molecular complexity index is 470. The maximum Gasteiger partial charge on any atom is 0.137 e. The average molecular weight is 280 g/mol. The van der Waals surface area contributed by atoms with Crippen molar-refractivity contribution in [3.63, 3.8) is 0 Å². The lowest BCUT2D eigenvalue weighted by atomic mass is 9.86. The van der Waals surface area contributed by atoms with E-state index in [1.54, 1.807) is 0 Å². The van der Waals surface area contributed by atoms with Gasteiger partial charge < -0.3 is 10.6 Å². The Morgan fingerprint density at radius 2 is 1.95 bits per heavy atom. The number of thiocarbonyl (C=S) groups is 1. The molecule has 0 aromatic carbocycles. The van der Waals surface area contributed by atoms with Crippen LogP contribution in [0.15, 0.2) is 0 Å². The second-order valence-corrected chi connectivity index (χ2v) is 6.28. The van der Waals surface area contributed by atoms with Gasteiger partial charge >= 0.3 is 0 Å². The smallest absolute Gasteiger partial charge is 0.137 e. The highest BCUT2D eigenvalue weighted by Crippen LogP contribution is 2.30. The summed E-state index contributed by atoms with van der Waals surface area (Å²) in [5, 5.41) is 4.47. The van der Waals surface area contributed by atoms with Crippen LogP contribution >= 0.6 is 12.2 Å². The second kappa shape index (κ2) is 5.49. The third-order valence-electron chi connectivity index (χ3n) is 4.22. The maximum absolute atomic E-state index is 5.86. The Kier molecular flexibility index (Phi) is 4.13. The molecular weight excluding hydrogens is 256 g/mol. The van der Waals surface area contributed by atoms with Crippen LogP contribution in [-0.2, 0) is 7.05 Å². The van der Waals surface area contributed by atoms with Gasteiger partial charge in [0.05, 0.1) is 11.3 Å². The van der Waals surface area contributed by atoms with Gasteiger partial charge in [-0.1, -0.05) is 26.1 Å².